The Labute approximate surface area is 78.7 Å². The van der Waals surface area contributed by atoms with Crippen molar-refractivity contribution in [3.63, 3.8) is 0 Å². The summed E-state index contributed by atoms with van der Waals surface area (Å²) in [5.41, 5.74) is 0. The van der Waals surface area contributed by atoms with Gasteiger partial charge in [-0.1, -0.05) is 19.1 Å². The van der Waals surface area contributed by atoms with Gasteiger partial charge in [-0.25, -0.2) is 4.79 Å². The lowest BCUT2D eigenvalue weighted by Crippen LogP contribution is -2.12. The van der Waals surface area contributed by atoms with E-state index in [0.717, 1.165) is 0 Å². The van der Waals surface area contributed by atoms with Crippen LogP contribution >= 0.6 is 0 Å². The number of ether oxygens (including phenoxy) is 1. The first-order chi connectivity index (χ1) is 6.11. The van der Waals surface area contributed by atoms with E-state index in [1.165, 1.54) is 12.2 Å². The van der Waals surface area contributed by atoms with Gasteiger partial charge in [0.1, 0.15) is 0 Å². The monoisotopic (exact) mass is 184 g/mol. The van der Waals surface area contributed by atoms with E-state index in [4.69, 9.17) is 0 Å². The Kier molecular flexibility index (Phi) is 5.89. The van der Waals surface area contributed by atoms with Gasteiger partial charge in [-0.15, -0.1) is 6.58 Å². The largest absolute Gasteiger partial charge is 0.463 e. The SMILES string of the molecule is C=C[C@H](O)[C@@H](C)/C=C/C(=O)OCC. The molecule has 13 heavy (non-hydrogen) atoms. The first-order valence-corrected chi connectivity index (χ1v) is 4.27. The maximum atomic E-state index is 10.8. The van der Waals surface area contributed by atoms with Crippen molar-refractivity contribution in [2.45, 2.75) is 20.0 Å². The average molecular weight is 184 g/mol. The van der Waals surface area contributed by atoms with E-state index in [1.54, 1.807) is 19.9 Å². The number of hydrogen-bond acceptors (Lipinski definition) is 3. The lowest BCUT2D eigenvalue weighted by atomic mass is 10.0. The van der Waals surface area contributed by atoms with Gasteiger partial charge in [-0.3, -0.25) is 0 Å². The molecule has 0 rings (SSSR count). The Morgan fingerprint density at radius 1 is 1.69 bits per heavy atom. The molecule has 0 spiro atoms. The summed E-state index contributed by atoms with van der Waals surface area (Å²) >= 11 is 0. The molecule has 3 heteroatoms. The Bertz CT molecular complexity index is 196. The van der Waals surface area contributed by atoms with Crippen LogP contribution in [0, 0.1) is 5.92 Å². The van der Waals surface area contributed by atoms with E-state index in [1.807, 2.05) is 0 Å². The van der Waals surface area contributed by atoms with E-state index < -0.39 is 6.10 Å². The van der Waals surface area contributed by atoms with Crippen LogP contribution in [0.3, 0.4) is 0 Å². The summed E-state index contributed by atoms with van der Waals surface area (Å²) in [4.78, 5) is 10.8. The summed E-state index contributed by atoms with van der Waals surface area (Å²) in [6.45, 7) is 7.35. The molecule has 0 fully saturated rings. The molecule has 3 nitrogen and oxygen atoms in total. The predicted octanol–water partition coefficient (Wildman–Crippen LogP) is 1.29. The number of carbonyl (C=O) groups is 1. The molecule has 0 amide bonds. The topological polar surface area (TPSA) is 46.5 Å². The third-order valence-corrected chi connectivity index (χ3v) is 1.60. The molecule has 0 aliphatic rings. The van der Waals surface area contributed by atoms with Crippen molar-refractivity contribution in [3.8, 4) is 0 Å². The smallest absolute Gasteiger partial charge is 0.330 e. The van der Waals surface area contributed by atoms with Gasteiger partial charge in [0.2, 0.25) is 0 Å². The first-order valence-electron chi connectivity index (χ1n) is 4.27. The van der Waals surface area contributed by atoms with E-state index in [-0.39, 0.29) is 11.9 Å². The number of aliphatic hydroxyl groups is 1. The molecular weight excluding hydrogens is 168 g/mol. The Morgan fingerprint density at radius 3 is 2.77 bits per heavy atom. The highest BCUT2D eigenvalue weighted by atomic mass is 16.5. The van der Waals surface area contributed by atoms with Crippen molar-refractivity contribution < 1.29 is 14.6 Å². The fourth-order valence-corrected chi connectivity index (χ4v) is 0.749. The molecule has 0 saturated heterocycles. The molecular formula is C10H16O3. The van der Waals surface area contributed by atoms with Gasteiger partial charge in [0.25, 0.3) is 0 Å². The normalized spacial score (nSPS) is 15.3. The van der Waals surface area contributed by atoms with Gasteiger partial charge in [-0.2, -0.15) is 0 Å². The van der Waals surface area contributed by atoms with E-state index >= 15 is 0 Å². The highest BCUT2D eigenvalue weighted by Gasteiger charge is 2.06. The van der Waals surface area contributed by atoms with Crippen LogP contribution in [0.15, 0.2) is 24.8 Å². The van der Waals surface area contributed by atoms with Gasteiger partial charge >= 0.3 is 5.97 Å². The molecule has 0 aromatic heterocycles. The van der Waals surface area contributed by atoms with Crippen LogP contribution in [-0.2, 0) is 9.53 Å². The first kappa shape index (κ1) is 11.9. The minimum Gasteiger partial charge on any atom is -0.463 e. The second-order valence-corrected chi connectivity index (χ2v) is 2.70. The summed E-state index contributed by atoms with van der Waals surface area (Å²) < 4.78 is 4.67. The zero-order chi connectivity index (χ0) is 10.3. The van der Waals surface area contributed by atoms with Crippen molar-refractivity contribution in [2.24, 2.45) is 5.92 Å². The van der Waals surface area contributed by atoms with E-state index in [0.29, 0.717) is 6.61 Å². The van der Waals surface area contributed by atoms with Gasteiger partial charge in [-0.05, 0) is 6.92 Å². The van der Waals surface area contributed by atoms with Crippen LogP contribution in [0.25, 0.3) is 0 Å². The molecule has 0 aromatic rings. The molecule has 0 heterocycles. The summed E-state index contributed by atoms with van der Waals surface area (Å²) in [5, 5.41) is 9.25. The highest BCUT2D eigenvalue weighted by Crippen LogP contribution is 2.05. The molecule has 0 saturated carbocycles. The van der Waals surface area contributed by atoms with Crippen LogP contribution in [0.1, 0.15) is 13.8 Å². The van der Waals surface area contributed by atoms with E-state index in [2.05, 4.69) is 11.3 Å². The van der Waals surface area contributed by atoms with Crippen LogP contribution in [0.5, 0.6) is 0 Å². The zero-order valence-electron chi connectivity index (χ0n) is 8.06. The summed E-state index contributed by atoms with van der Waals surface area (Å²) in [5.74, 6) is -0.507. The predicted molar refractivity (Wildman–Crippen MR) is 51.1 cm³/mol. The lowest BCUT2D eigenvalue weighted by molar-refractivity contribution is -0.137. The van der Waals surface area contributed by atoms with Crippen LogP contribution in [-0.4, -0.2) is 23.8 Å². The molecule has 2 atom stereocenters. The minimum absolute atomic E-state index is 0.123. The highest BCUT2D eigenvalue weighted by molar-refractivity contribution is 5.81. The zero-order valence-corrected chi connectivity index (χ0v) is 8.06. The van der Waals surface area contributed by atoms with Crippen molar-refractivity contribution in [3.05, 3.63) is 24.8 Å². The summed E-state index contributed by atoms with van der Waals surface area (Å²) in [7, 11) is 0. The average Bonchev–Trinajstić information content (AvgIpc) is 2.13. The maximum absolute atomic E-state index is 10.8. The molecule has 0 bridgehead atoms. The number of hydrogen-bond donors (Lipinski definition) is 1. The molecule has 0 radical (unpaired) electrons. The van der Waals surface area contributed by atoms with Gasteiger partial charge < -0.3 is 9.84 Å². The number of rotatable bonds is 5. The van der Waals surface area contributed by atoms with Crippen molar-refractivity contribution in [1.29, 1.82) is 0 Å². The molecule has 1 N–H and O–H groups in total. The van der Waals surface area contributed by atoms with Gasteiger partial charge in [0.05, 0.1) is 12.7 Å². The number of esters is 1. The standard InChI is InChI=1S/C10H16O3/c1-4-9(11)8(3)6-7-10(12)13-5-2/h4,6-9,11H,1,5H2,2-3H3/b7-6+/t8-,9-/m0/s1. The molecule has 0 aromatic carbocycles. The second kappa shape index (κ2) is 6.43. The third-order valence-electron chi connectivity index (χ3n) is 1.60. The Morgan fingerprint density at radius 2 is 2.31 bits per heavy atom. The van der Waals surface area contributed by atoms with Crippen molar-refractivity contribution in [2.75, 3.05) is 6.61 Å². The molecule has 0 unspecified atom stereocenters. The quantitative estimate of drug-likeness (QED) is 0.398. The fraction of sp³-hybridized carbons (Fsp3) is 0.500. The summed E-state index contributed by atoms with van der Waals surface area (Å²) in [6.07, 6.45) is 3.73. The van der Waals surface area contributed by atoms with Crippen molar-refractivity contribution in [1.82, 2.24) is 0 Å². The van der Waals surface area contributed by atoms with Crippen LogP contribution < -0.4 is 0 Å². The van der Waals surface area contributed by atoms with E-state index in [9.17, 15) is 9.90 Å². The maximum Gasteiger partial charge on any atom is 0.330 e. The van der Waals surface area contributed by atoms with Gasteiger partial charge in [0, 0.05) is 12.0 Å². The molecule has 74 valence electrons. The number of aliphatic hydroxyl groups excluding tert-OH is 1. The molecule has 0 aliphatic carbocycles. The fourth-order valence-electron chi connectivity index (χ4n) is 0.749. The van der Waals surface area contributed by atoms with Gasteiger partial charge in [0.15, 0.2) is 0 Å². The summed E-state index contributed by atoms with van der Waals surface area (Å²) in [6, 6.07) is 0. The van der Waals surface area contributed by atoms with Crippen molar-refractivity contribution >= 4 is 5.97 Å². The molecule has 0 aliphatic heterocycles. The second-order valence-electron chi connectivity index (χ2n) is 2.70. The van der Waals surface area contributed by atoms with Crippen LogP contribution in [0.4, 0.5) is 0 Å². The lowest BCUT2D eigenvalue weighted by Gasteiger charge is -2.09. The Hall–Kier alpha value is -1.09. The van der Waals surface area contributed by atoms with Crippen LogP contribution in [0.2, 0.25) is 0 Å². The third kappa shape index (κ3) is 5.20. The Balaban J connectivity index is 3.95. The minimum atomic E-state index is -0.620. The number of carbonyl (C=O) groups excluding carboxylic acids is 1.